The number of anilines is 2. The maximum absolute atomic E-state index is 8.84. The van der Waals surface area contributed by atoms with Crippen molar-refractivity contribution in [2.45, 2.75) is 0 Å². The molecule has 84 valence electrons. The second kappa shape index (κ2) is 3.80. The highest BCUT2D eigenvalue weighted by atomic mass is 15.2. The molecule has 0 aliphatic carbocycles. The standard InChI is InChI=1S/C14H8N4/c15-7-11(8-16)14-17-12-5-9-3-1-2-4-10(9)6-13(12)18-14/h1-6,17-18H. The van der Waals surface area contributed by atoms with E-state index in [1.54, 1.807) is 0 Å². The number of benzene rings is 2. The average molecular weight is 232 g/mol. The highest BCUT2D eigenvalue weighted by Gasteiger charge is 2.18. The predicted molar refractivity (Wildman–Crippen MR) is 69.4 cm³/mol. The molecule has 4 heteroatoms. The van der Waals surface area contributed by atoms with Gasteiger partial charge in [-0.15, -0.1) is 0 Å². The number of nitrogens with one attached hydrogen (secondary N) is 2. The molecule has 0 saturated carbocycles. The molecule has 3 rings (SSSR count). The molecule has 2 aromatic carbocycles. The zero-order valence-corrected chi connectivity index (χ0v) is 9.36. The summed E-state index contributed by atoms with van der Waals surface area (Å²) < 4.78 is 0. The summed E-state index contributed by atoms with van der Waals surface area (Å²) in [6.07, 6.45) is 0. The number of hydrogen-bond donors (Lipinski definition) is 2. The summed E-state index contributed by atoms with van der Waals surface area (Å²) in [5.41, 5.74) is 1.81. The summed E-state index contributed by atoms with van der Waals surface area (Å²) in [6.45, 7) is 0. The van der Waals surface area contributed by atoms with Gasteiger partial charge in [0.05, 0.1) is 11.4 Å². The summed E-state index contributed by atoms with van der Waals surface area (Å²) in [6, 6.07) is 15.7. The lowest BCUT2D eigenvalue weighted by atomic mass is 10.1. The van der Waals surface area contributed by atoms with E-state index >= 15 is 0 Å². The van der Waals surface area contributed by atoms with Crippen LogP contribution < -0.4 is 10.6 Å². The fourth-order valence-electron chi connectivity index (χ4n) is 2.01. The molecule has 0 saturated heterocycles. The molecule has 0 bridgehead atoms. The van der Waals surface area contributed by atoms with E-state index in [4.69, 9.17) is 10.5 Å². The molecule has 0 aromatic heterocycles. The SMILES string of the molecule is N#CC(C#N)=C1Nc2cc3ccccc3cc2N1. The molecular formula is C14H8N4. The summed E-state index contributed by atoms with van der Waals surface area (Å²) in [5.74, 6) is 0.449. The zero-order chi connectivity index (χ0) is 12.5. The van der Waals surface area contributed by atoms with Gasteiger partial charge in [0.2, 0.25) is 0 Å². The van der Waals surface area contributed by atoms with Crippen LogP contribution in [0.4, 0.5) is 11.4 Å². The van der Waals surface area contributed by atoms with Gasteiger partial charge >= 0.3 is 0 Å². The Bertz CT molecular complexity index is 697. The third-order valence-corrected chi connectivity index (χ3v) is 2.88. The van der Waals surface area contributed by atoms with Crippen LogP contribution in [0.1, 0.15) is 0 Å². The first-order valence-corrected chi connectivity index (χ1v) is 5.43. The van der Waals surface area contributed by atoms with Crippen LogP contribution in [0.3, 0.4) is 0 Å². The molecule has 0 radical (unpaired) electrons. The number of nitrogens with zero attached hydrogens (tertiary/aromatic N) is 2. The van der Waals surface area contributed by atoms with E-state index in [2.05, 4.69) is 10.6 Å². The van der Waals surface area contributed by atoms with Crippen LogP contribution >= 0.6 is 0 Å². The van der Waals surface area contributed by atoms with Crippen LogP contribution in [0.25, 0.3) is 10.8 Å². The van der Waals surface area contributed by atoms with Crippen LogP contribution in [0.15, 0.2) is 47.8 Å². The summed E-state index contributed by atoms with van der Waals surface area (Å²) in [5, 5.41) is 26.0. The first-order chi connectivity index (χ1) is 8.81. The van der Waals surface area contributed by atoms with Gasteiger partial charge in [0.25, 0.3) is 0 Å². The molecule has 0 amide bonds. The molecule has 4 nitrogen and oxygen atoms in total. The topological polar surface area (TPSA) is 71.6 Å². The first kappa shape index (κ1) is 10.2. The van der Waals surface area contributed by atoms with Crippen molar-refractivity contribution in [3.63, 3.8) is 0 Å². The highest BCUT2D eigenvalue weighted by molar-refractivity contribution is 5.95. The van der Waals surface area contributed by atoms with E-state index in [9.17, 15) is 0 Å². The van der Waals surface area contributed by atoms with Crippen molar-refractivity contribution >= 4 is 22.1 Å². The molecule has 0 spiro atoms. The highest BCUT2D eigenvalue weighted by Crippen LogP contribution is 2.35. The van der Waals surface area contributed by atoms with Gasteiger partial charge in [0.1, 0.15) is 18.0 Å². The lowest BCUT2D eigenvalue weighted by molar-refractivity contribution is 1.38. The smallest absolute Gasteiger partial charge is 0.170 e. The molecule has 0 atom stereocenters. The quantitative estimate of drug-likeness (QED) is 0.685. The third-order valence-electron chi connectivity index (χ3n) is 2.88. The van der Waals surface area contributed by atoms with E-state index in [0.29, 0.717) is 5.82 Å². The van der Waals surface area contributed by atoms with Gasteiger partial charge in [-0.2, -0.15) is 10.5 Å². The monoisotopic (exact) mass is 232 g/mol. The second-order valence-electron chi connectivity index (χ2n) is 3.97. The third kappa shape index (κ3) is 1.45. The molecule has 1 aliphatic heterocycles. The first-order valence-electron chi connectivity index (χ1n) is 5.43. The lowest BCUT2D eigenvalue weighted by Crippen LogP contribution is -2.02. The maximum Gasteiger partial charge on any atom is 0.170 e. The van der Waals surface area contributed by atoms with Crippen molar-refractivity contribution in [2.24, 2.45) is 0 Å². The summed E-state index contributed by atoms with van der Waals surface area (Å²) >= 11 is 0. The Morgan fingerprint density at radius 3 is 1.83 bits per heavy atom. The van der Waals surface area contributed by atoms with Gasteiger partial charge in [-0.25, -0.2) is 0 Å². The Morgan fingerprint density at radius 2 is 1.39 bits per heavy atom. The Labute approximate surface area is 104 Å². The number of hydrogen-bond acceptors (Lipinski definition) is 4. The van der Waals surface area contributed by atoms with E-state index in [0.717, 1.165) is 22.1 Å². The fraction of sp³-hybridized carbons (Fsp3) is 0. The van der Waals surface area contributed by atoms with Crippen molar-refractivity contribution in [3.05, 3.63) is 47.8 Å². The molecule has 0 fully saturated rings. The van der Waals surface area contributed by atoms with Gasteiger partial charge in [0.15, 0.2) is 5.57 Å². The normalized spacial score (nSPS) is 12.0. The predicted octanol–water partition coefficient (Wildman–Crippen LogP) is 2.94. The molecule has 2 N–H and O–H groups in total. The van der Waals surface area contributed by atoms with Crippen LogP contribution in [-0.2, 0) is 0 Å². The van der Waals surface area contributed by atoms with E-state index in [-0.39, 0.29) is 5.57 Å². The lowest BCUT2D eigenvalue weighted by Gasteiger charge is -2.01. The van der Waals surface area contributed by atoms with Crippen molar-refractivity contribution in [3.8, 4) is 12.1 Å². The Balaban J connectivity index is 2.15. The minimum absolute atomic E-state index is 0.0512. The van der Waals surface area contributed by atoms with Crippen LogP contribution in [-0.4, -0.2) is 0 Å². The van der Waals surface area contributed by atoms with Gasteiger partial charge in [-0.1, -0.05) is 24.3 Å². The zero-order valence-electron chi connectivity index (χ0n) is 9.36. The molecule has 1 aliphatic rings. The second-order valence-corrected chi connectivity index (χ2v) is 3.97. The van der Waals surface area contributed by atoms with Crippen LogP contribution in [0.2, 0.25) is 0 Å². The Hall–Kier alpha value is -2.98. The Kier molecular flexibility index (Phi) is 2.15. The minimum Gasteiger partial charge on any atom is -0.338 e. The van der Waals surface area contributed by atoms with Crippen molar-refractivity contribution in [1.82, 2.24) is 0 Å². The van der Waals surface area contributed by atoms with E-state index in [1.165, 1.54) is 0 Å². The van der Waals surface area contributed by atoms with Gasteiger partial charge in [-0.3, -0.25) is 0 Å². The molecule has 1 heterocycles. The van der Waals surface area contributed by atoms with E-state index < -0.39 is 0 Å². The average Bonchev–Trinajstić information content (AvgIpc) is 2.79. The largest absolute Gasteiger partial charge is 0.338 e. The number of nitriles is 2. The van der Waals surface area contributed by atoms with Crippen LogP contribution in [0.5, 0.6) is 0 Å². The maximum atomic E-state index is 8.84. The summed E-state index contributed by atoms with van der Waals surface area (Å²) in [4.78, 5) is 0. The van der Waals surface area contributed by atoms with Crippen molar-refractivity contribution < 1.29 is 0 Å². The van der Waals surface area contributed by atoms with E-state index in [1.807, 2.05) is 48.5 Å². The van der Waals surface area contributed by atoms with Gasteiger partial charge < -0.3 is 10.6 Å². The molecule has 18 heavy (non-hydrogen) atoms. The summed E-state index contributed by atoms with van der Waals surface area (Å²) in [7, 11) is 0. The molecule has 2 aromatic rings. The number of allylic oxidation sites excluding steroid dienone is 1. The molecular weight excluding hydrogens is 224 g/mol. The molecule has 0 unspecified atom stereocenters. The Morgan fingerprint density at radius 1 is 0.889 bits per heavy atom. The number of rotatable bonds is 0. The minimum atomic E-state index is 0.0512. The van der Waals surface area contributed by atoms with Crippen LogP contribution in [0, 0.1) is 22.7 Å². The van der Waals surface area contributed by atoms with Gasteiger partial charge in [0, 0.05) is 0 Å². The number of fused-ring (bicyclic) bond motifs is 2. The van der Waals surface area contributed by atoms with Gasteiger partial charge in [-0.05, 0) is 22.9 Å². The van der Waals surface area contributed by atoms with Crippen molar-refractivity contribution in [1.29, 1.82) is 10.5 Å². The fourth-order valence-corrected chi connectivity index (χ4v) is 2.01. The van der Waals surface area contributed by atoms with Crippen molar-refractivity contribution in [2.75, 3.05) is 10.6 Å².